The number of halogens is 2. The zero-order valence-corrected chi connectivity index (χ0v) is 5.80. The maximum Gasteiger partial charge on any atom is 0.280 e. The Morgan fingerprint density at radius 3 is 2.82 bits per heavy atom. The molecule has 0 radical (unpaired) electrons. The van der Waals surface area contributed by atoms with Crippen LogP contribution in [0, 0.1) is 0 Å². The standard InChI is InChI=1S/C7H8F2N2/c8-7(9)6-3-5(4-10)1-2-11-6/h1-3,7H,4,10H2. The van der Waals surface area contributed by atoms with Gasteiger partial charge in [-0.2, -0.15) is 0 Å². The number of alkyl halides is 2. The van der Waals surface area contributed by atoms with Gasteiger partial charge in [0.05, 0.1) is 0 Å². The van der Waals surface area contributed by atoms with E-state index in [0.29, 0.717) is 5.56 Å². The van der Waals surface area contributed by atoms with Gasteiger partial charge in [-0.05, 0) is 17.7 Å². The summed E-state index contributed by atoms with van der Waals surface area (Å²) in [6.45, 7) is 0.266. The zero-order valence-electron chi connectivity index (χ0n) is 5.80. The number of pyridine rings is 1. The first-order valence-corrected chi connectivity index (χ1v) is 3.17. The summed E-state index contributed by atoms with van der Waals surface area (Å²) in [6, 6.07) is 2.93. The Kier molecular flexibility index (Phi) is 2.48. The van der Waals surface area contributed by atoms with Crippen molar-refractivity contribution < 1.29 is 8.78 Å². The molecular weight excluding hydrogens is 150 g/mol. The first-order valence-electron chi connectivity index (χ1n) is 3.17. The molecule has 0 saturated heterocycles. The fourth-order valence-electron chi connectivity index (χ4n) is 0.741. The molecule has 0 aliphatic heterocycles. The summed E-state index contributed by atoms with van der Waals surface area (Å²) < 4.78 is 24.0. The molecule has 0 amide bonds. The Morgan fingerprint density at radius 1 is 1.55 bits per heavy atom. The summed E-state index contributed by atoms with van der Waals surface area (Å²) in [6.07, 6.45) is -1.18. The van der Waals surface area contributed by atoms with Crippen LogP contribution in [-0.2, 0) is 6.54 Å². The van der Waals surface area contributed by atoms with Gasteiger partial charge >= 0.3 is 0 Å². The maximum absolute atomic E-state index is 12.0. The van der Waals surface area contributed by atoms with Crippen LogP contribution in [0.25, 0.3) is 0 Å². The molecule has 2 N–H and O–H groups in total. The molecule has 0 aliphatic rings. The normalized spacial score (nSPS) is 10.5. The summed E-state index contributed by atoms with van der Waals surface area (Å²) in [5.74, 6) is 0. The highest BCUT2D eigenvalue weighted by Crippen LogP contribution is 2.16. The van der Waals surface area contributed by atoms with Crippen LogP contribution in [0.4, 0.5) is 8.78 Å². The molecule has 60 valence electrons. The third kappa shape index (κ3) is 1.94. The minimum absolute atomic E-state index is 0.215. The van der Waals surface area contributed by atoms with Crippen LogP contribution in [-0.4, -0.2) is 4.98 Å². The lowest BCUT2D eigenvalue weighted by Gasteiger charge is -1.99. The molecule has 0 spiro atoms. The lowest BCUT2D eigenvalue weighted by Crippen LogP contribution is -1.98. The minimum Gasteiger partial charge on any atom is -0.326 e. The first-order chi connectivity index (χ1) is 5.24. The van der Waals surface area contributed by atoms with E-state index in [1.165, 1.54) is 12.3 Å². The van der Waals surface area contributed by atoms with Crippen molar-refractivity contribution in [3.63, 3.8) is 0 Å². The fourth-order valence-corrected chi connectivity index (χ4v) is 0.741. The van der Waals surface area contributed by atoms with Crippen LogP contribution in [0.15, 0.2) is 18.3 Å². The van der Waals surface area contributed by atoms with Crippen molar-refractivity contribution >= 4 is 0 Å². The minimum atomic E-state index is -2.51. The highest BCUT2D eigenvalue weighted by molar-refractivity contribution is 5.16. The van der Waals surface area contributed by atoms with E-state index >= 15 is 0 Å². The molecule has 0 aliphatic carbocycles. The predicted molar refractivity (Wildman–Crippen MR) is 37.1 cm³/mol. The van der Waals surface area contributed by atoms with Crippen molar-refractivity contribution in [2.24, 2.45) is 5.73 Å². The van der Waals surface area contributed by atoms with E-state index in [-0.39, 0.29) is 12.2 Å². The third-order valence-electron chi connectivity index (χ3n) is 1.30. The molecule has 0 atom stereocenters. The summed E-state index contributed by atoms with van der Waals surface area (Å²) in [4.78, 5) is 3.48. The molecule has 0 saturated carbocycles. The quantitative estimate of drug-likeness (QED) is 0.707. The van der Waals surface area contributed by atoms with Crippen LogP contribution in [0.5, 0.6) is 0 Å². The molecule has 0 unspecified atom stereocenters. The number of nitrogens with two attached hydrogens (primary N) is 1. The van der Waals surface area contributed by atoms with Gasteiger partial charge in [-0.3, -0.25) is 4.98 Å². The lowest BCUT2D eigenvalue weighted by atomic mass is 10.2. The smallest absolute Gasteiger partial charge is 0.280 e. The second-order valence-corrected chi connectivity index (χ2v) is 2.09. The Balaban J connectivity index is 2.91. The maximum atomic E-state index is 12.0. The fraction of sp³-hybridized carbons (Fsp3) is 0.286. The average molecular weight is 158 g/mol. The van der Waals surface area contributed by atoms with Gasteiger partial charge in [-0.25, -0.2) is 8.78 Å². The second-order valence-electron chi connectivity index (χ2n) is 2.09. The molecule has 1 aromatic heterocycles. The molecule has 1 heterocycles. The van der Waals surface area contributed by atoms with E-state index in [2.05, 4.69) is 4.98 Å². The topological polar surface area (TPSA) is 38.9 Å². The second kappa shape index (κ2) is 3.39. The van der Waals surface area contributed by atoms with Crippen LogP contribution in [0.2, 0.25) is 0 Å². The van der Waals surface area contributed by atoms with Crippen LogP contribution in [0.1, 0.15) is 17.7 Å². The molecule has 4 heteroatoms. The van der Waals surface area contributed by atoms with Gasteiger partial charge in [0.15, 0.2) is 0 Å². The Morgan fingerprint density at radius 2 is 2.27 bits per heavy atom. The van der Waals surface area contributed by atoms with Gasteiger partial charge in [-0.1, -0.05) is 0 Å². The Hall–Kier alpha value is -1.03. The van der Waals surface area contributed by atoms with Crippen molar-refractivity contribution in [1.82, 2.24) is 4.98 Å². The Labute approximate surface area is 63.1 Å². The highest BCUT2D eigenvalue weighted by Gasteiger charge is 2.07. The highest BCUT2D eigenvalue weighted by atomic mass is 19.3. The number of aromatic nitrogens is 1. The van der Waals surface area contributed by atoms with Crippen molar-refractivity contribution in [3.8, 4) is 0 Å². The van der Waals surface area contributed by atoms with E-state index in [0.717, 1.165) is 0 Å². The van der Waals surface area contributed by atoms with E-state index in [4.69, 9.17) is 5.73 Å². The molecule has 2 nitrogen and oxygen atoms in total. The average Bonchev–Trinajstić information content (AvgIpc) is 2.05. The van der Waals surface area contributed by atoms with Crippen molar-refractivity contribution in [3.05, 3.63) is 29.6 Å². The largest absolute Gasteiger partial charge is 0.326 e. The van der Waals surface area contributed by atoms with Crippen LogP contribution in [0.3, 0.4) is 0 Å². The number of hydrogen-bond donors (Lipinski definition) is 1. The molecule has 0 fully saturated rings. The third-order valence-corrected chi connectivity index (χ3v) is 1.30. The van der Waals surface area contributed by atoms with Gasteiger partial charge in [0.1, 0.15) is 5.69 Å². The summed E-state index contributed by atoms with van der Waals surface area (Å²) >= 11 is 0. The number of hydrogen-bond acceptors (Lipinski definition) is 2. The van der Waals surface area contributed by atoms with Gasteiger partial charge < -0.3 is 5.73 Å². The summed E-state index contributed by atoms with van der Waals surface area (Å²) in [7, 11) is 0. The van der Waals surface area contributed by atoms with Gasteiger partial charge in [0, 0.05) is 12.7 Å². The predicted octanol–water partition coefficient (Wildman–Crippen LogP) is 1.48. The summed E-state index contributed by atoms with van der Waals surface area (Å²) in [5, 5.41) is 0. The van der Waals surface area contributed by atoms with Crippen LogP contribution < -0.4 is 5.73 Å². The van der Waals surface area contributed by atoms with Crippen molar-refractivity contribution in [2.45, 2.75) is 13.0 Å². The molecule has 11 heavy (non-hydrogen) atoms. The van der Waals surface area contributed by atoms with Crippen molar-refractivity contribution in [1.29, 1.82) is 0 Å². The van der Waals surface area contributed by atoms with E-state index < -0.39 is 6.43 Å². The first kappa shape index (κ1) is 8.07. The van der Waals surface area contributed by atoms with Crippen LogP contribution >= 0.6 is 0 Å². The molecule has 1 rings (SSSR count). The Bertz CT molecular complexity index is 238. The zero-order chi connectivity index (χ0) is 8.27. The number of rotatable bonds is 2. The van der Waals surface area contributed by atoms with Gasteiger partial charge in [0.25, 0.3) is 6.43 Å². The van der Waals surface area contributed by atoms with E-state index in [1.807, 2.05) is 0 Å². The molecule has 0 aromatic carbocycles. The number of nitrogens with zero attached hydrogens (tertiary/aromatic N) is 1. The molecule has 0 bridgehead atoms. The van der Waals surface area contributed by atoms with E-state index in [1.54, 1.807) is 6.07 Å². The lowest BCUT2D eigenvalue weighted by molar-refractivity contribution is 0.146. The summed E-state index contributed by atoms with van der Waals surface area (Å²) in [5.41, 5.74) is 5.71. The van der Waals surface area contributed by atoms with Gasteiger partial charge in [-0.15, -0.1) is 0 Å². The molecule has 1 aromatic rings. The van der Waals surface area contributed by atoms with Crippen molar-refractivity contribution in [2.75, 3.05) is 0 Å². The SMILES string of the molecule is NCc1ccnc(C(F)F)c1. The van der Waals surface area contributed by atoms with Gasteiger partial charge in [0.2, 0.25) is 0 Å². The van der Waals surface area contributed by atoms with E-state index in [9.17, 15) is 8.78 Å². The monoisotopic (exact) mass is 158 g/mol. The molecular formula is C7H8F2N2.